The Morgan fingerprint density at radius 1 is 1.38 bits per heavy atom. The topological polar surface area (TPSA) is 58.9 Å². The minimum atomic E-state index is -0.657. The monoisotopic (exact) mass is 297 g/mol. The van der Waals surface area contributed by atoms with E-state index in [4.69, 9.17) is 4.74 Å². The summed E-state index contributed by atoms with van der Waals surface area (Å²) >= 11 is 0. The van der Waals surface area contributed by atoms with Crippen LogP contribution in [0.1, 0.15) is 12.8 Å². The third-order valence-electron chi connectivity index (χ3n) is 3.99. The van der Waals surface area contributed by atoms with Gasteiger partial charge < -0.3 is 14.5 Å². The molecule has 1 aliphatic heterocycles. The average Bonchev–Trinajstić information content (AvgIpc) is 2.46. The van der Waals surface area contributed by atoms with Crippen LogP contribution in [0.5, 0.6) is 5.75 Å². The molecule has 0 unspecified atom stereocenters. The van der Waals surface area contributed by atoms with E-state index in [2.05, 4.69) is 4.90 Å². The molecule has 0 aromatic heterocycles. The summed E-state index contributed by atoms with van der Waals surface area (Å²) in [5.74, 6) is -0.956. The minimum Gasteiger partial charge on any atom is -0.488 e. The fraction of sp³-hybridized carbons (Fsp3) is 0.571. The zero-order valence-electron chi connectivity index (χ0n) is 12.5. The van der Waals surface area contributed by atoms with E-state index in [0.29, 0.717) is 11.7 Å². The van der Waals surface area contributed by atoms with Gasteiger partial charge in [-0.2, -0.15) is 0 Å². The fourth-order valence-corrected chi connectivity index (χ4v) is 2.74. The van der Waals surface area contributed by atoms with E-state index in [-0.39, 0.29) is 11.4 Å². The standard InChI is InChI=1S/C14H20FN3O3/c1-16(2)10-6-8-17(9-7-10)11-4-5-12(18(19)20)14(21-3)13(11)15/h4-5,10H,6-9H2,1-3H3. The lowest BCUT2D eigenvalue weighted by Gasteiger charge is -2.36. The summed E-state index contributed by atoms with van der Waals surface area (Å²) in [6.45, 7) is 1.45. The molecule has 1 aromatic rings. The zero-order chi connectivity index (χ0) is 15.6. The van der Waals surface area contributed by atoms with E-state index in [1.807, 2.05) is 19.0 Å². The molecule has 1 heterocycles. The smallest absolute Gasteiger partial charge is 0.314 e. The number of hydrogen-bond donors (Lipinski definition) is 0. The normalized spacial score (nSPS) is 16.3. The van der Waals surface area contributed by atoms with E-state index in [9.17, 15) is 14.5 Å². The molecule has 1 aromatic carbocycles. The molecule has 0 atom stereocenters. The Morgan fingerprint density at radius 3 is 2.48 bits per heavy atom. The molecule has 0 radical (unpaired) electrons. The molecular weight excluding hydrogens is 277 g/mol. The Balaban J connectivity index is 2.24. The van der Waals surface area contributed by atoms with Crippen LogP contribution in [0.15, 0.2) is 12.1 Å². The number of anilines is 1. The van der Waals surface area contributed by atoms with Crippen molar-refractivity contribution in [2.45, 2.75) is 18.9 Å². The molecule has 116 valence electrons. The van der Waals surface area contributed by atoms with E-state index >= 15 is 0 Å². The number of ether oxygens (including phenoxy) is 1. The summed E-state index contributed by atoms with van der Waals surface area (Å²) in [5, 5.41) is 10.9. The van der Waals surface area contributed by atoms with Gasteiger partial charge in [-0.3, -0.25) is 10.1 Å². The summed E-state index contributed by atoms with van der Waals surface area (Å²) in [6, 6.07) is 3.26. The Kier molecular flexibility index (Phi) is 4.62. The summed E-state index contributed by atoms with van der Waals surface area (Å²) in [5.41, 5.74) is 0.0246. The van der Waals surface area contributed by atoms with Crippen LogP contribution >= 0.6 is 0 Å². The van der Waals surface area contributed by atoms with Gasteiger partial charge in [-0.15, -0.1) is 0 Å². The van der Waals surface area contributed by atoms with Gasteiger partial charge in [-0.05, 0) is 33.0 Å². The van der Waals surface area contributed by atoms with Crippen LogP contribution in [0.2, 0.25) is 0 Å². The molecular formula is C14H20FN3O3. The van der Waals surface area contributed by atoms with Gasteiger partial charge in [-0.25, -0.2) is 4.39 Å². The van der Waals surface area contributed by atoms with Crippen molar-refractivity contribution in [1.82, 2.24) is 4.90 Å². The van der Waals surface area contributed by atoms with Gasteiger partial charge >= 0.3 is 5.69 Å². The molecule has 6 nitrogen and oxygen atoms in total. The third kappa shape index (κ3) is 3.07. The van der Waals surface area contributed by atoms with Crippen molar-refractivity contribution < 1.29 is 14.1 Å². The summed E-state index contributed by atoms with van der Waals surface area (Å²) in [7, 11) is 5.32. The maximum atomic E-state index is 14.5. The predicted molar refractivity (Wildman–Crippen MR) is 78.5 cm³/mol. The quantitative estimate of drug-likeness (QED) is 0.630. The van der Waals surface area contributed by atoms with Crippen molar-refractivity contribution in [2.24, 2.45) is 0 Å². The van der Waals surface area contributed by atoms with Crippen molar-refractivity contribution in [3.05, 3.63) is 28.1 Å². The lowest BCUT2D eigenvalue weighted by Crippen LogP contribution is -2.42. The second-order valence-electron chi connectivity index (χ2n) is 5.39. The number of methoxy groups -OCH3 is 1. The highest BCUT2D eigenvalue weighted by atomic mass is 19.1. The Bertz CT molecular complexity index is 528. The van der Waals surface area contributed by atoms with Gasteiger partial charge in [0, 0.05) is 25.2 Å². The molecule has 1 fully saturated rings. The van der Waals surface area contributed by atoms with Gasteiger partial charge in [0.25, 0.3) is 0 Å². The molecule has 1 saturated heterocycles. The van der Waals surface area contributed by atoms with Gasteiger partial charge in [0.15, 0.2) is 5.82 Å². The second-order valence-corrected chi connectivity index (χ2v) is 5.39. The van der Waals surface area contributed by atoms with Crippen LogP contribution in [0.25, 0.3) is 0 Å². The Labute approximate surface area is 123 Å². The molecule has 0 N–H and O–H groups in total. The number of hydrogen-bond acceptors (Lipinski definition) is 5. The van der Waals surface area contributed by atoms with Gasteiger partial charge in [-0.1, -0.05) is 0 Å². The Morgan fingerprint density at radius 2 is 2.00 bits per heavy atom. The number of nitrogens with zero attached hydrogens (tertiary/aromatic N) is 3. The molecule has 21 heavy (non-hydrogen) atoms. The molecule has 0 bridgehead atoms. The number of benzene rings is 1. The molecule has 0 amide bonds. The second kappa shape index (κ2) is 6.26. The van der Waals surface area contributed by atoms with Gasteiger partial charge in [0.1, 0.15) is 0 Å². The highest BCUT2D eigenvalue weighted by Gasteiger charge is 2.27. The Hall–Kier alpha value is -1.89. The SMILES string of the molecule is COc1c([N+](=O)[O-])ccc(N2CCC(N(C)C)CC2)c1F. The van der Waals surface area contributed by atoms with Gasteiger partial charge in [0.05, 0.1) is 17.7 Å². The highest BCUT2D eigenvalue weighted by Crippen LogP contribution is 2.36. The lowest BCUT2D eigenvalue weighted by molar-refractivity contribution is -0.386. The summed E-state index contributed by atoms with van der Waals surface area (Å²) in [4.78, 5) is 14.3. The van der Waals surface area contributed by atoms with E-state index in [1.54, 1.807) is 0 Å². The lowest BCUT2D eigenvalue weighted by atomic mass is 10.0. The van der Waals surface area contributed by atoms with Crippen molar-refractivity contribution in [3.8, 4) is 5.75 Å². The first kappa shape index (κ1) is 15.5. The number of nitro benzene ring substituents is 1. The van der Waals surface area contributed by atoms with Crippen molar-refractivity contribution >= 4 is 11.4 Å². The number of nitro groups is 1. The van der Waals surface area contributed by atoms with Crippen molar-refractivity contribution in [2.75, 3.05) is 39.2 Å². The predicted octanol–water partition coefficient (Wildman–Crippen LogP) is 2.27. The fourth-order valence-electron chi connectivity index (χ4n) is 2.74. The first-order chi connectivity index (χ1) is 9.95. The first-order valence-corrected chi connectivity index (χ1v) is 6.88. The largest absolute Gasteiger partial charge is 0.488 e. The van der Waals surface area contributed by atoms with Crippen molar-refractivity contribution in [1.29, 1.82) is 0 Å². The maximum absolute atomic E-state index is 14.5. The van der Waals surface area contributed by atoms with Gasteiger partial charge in [0.2, 0.25) is 5.75 Å². The van der Waals surface area contributed by atoms with Crippen LogP contribution in [0, 0.1) is 15.9 Å². The molecule has 2 rings (SSSR count). The van der Waals surface area contributed by atoms with Crippen molar-refractivity contribution in [3.63, 3.8) is 0 Å². The average molecular weight is 297 g/mol. The van der Waals surface area contributed by atoms with Crippen LogP contribution in [0.3, 0.4) is 0 Å². The van der Waals surface area contributed by atoms with E-state index < -0.39 is 10.7 Å². The molecule has 7 heteroatoms. The van der Waals surface area contributed by atoms with Crippen LogP contribution in [0.4, 0.5) is 15.8 Å². The molecule has 0 saturated carbocycles. The molecule has 0 spiro atoms. The van der Waals surface area contributed by atoms with Crippen LogP contribution < -0.4 is 9.64 Å². The highest BCUT2D eigenvalue weighted by molar-refractivity contribution is 5.61. The summed E-state index contributed by atoms with van der Waals surface area (Å²) in [6.07, 6.45) is 1.87. The first-order valence-electron chi connectivity index (χ1n) is 6.88. The minimum absolute atomic E-state index is 0.299. The maximum Gasteiger partial charge on any atom is 0.314 e. The third-order valence-corrected chi connectivity index (χ3v) is 3.99. The van der Waals surface area contributed by atoms with Crippen LogP contribution in [-0.2, 0) is 0 Å². The van der Waals surface area contributed by atoms with E-state index in [1.165, 1.54) is 19.2 Å². The van der Waals surface area contributed by atoms with Crippen LogP contribution in [-0.4, -0.2) is 50.2 Å². The molecule has 1 aliphatic rings. The molecule has 0 aliphatic carbocycles. The number of rotatable bonds is 4. The number of piperidine rings is 1. The number of halogens is 1. The zero-order valence-corrected chi connectivity index (χ0v) is 12.5. The summed E-state index contributed by atoms with van der Waals surface area (Å²) < 4.78 is 19.3. The van der Waals surface area contributed by atoms with E-state index in [0.717, 1.165) is 25.9 Å².